The van der Waals surface area contributed by atoms with Gasteiger partial charge in [-0.15, -0.1) is 0 Å². The molecule has 0 atom stereocenters. The van der Waals surface area contributed by atoms with E-state index in [1.54, 1.807) is 24.3 Å². The molecule has 2 aromatic carbocycles. The van der Waals surface area contributed by atoms with Gasteiger partial charge in [0.2, 0.25) is 0 Å². The molecule has 1 heterocycles. The van der Waals surface area contributed by atoms with Gasteiger partial charge >= 0.3 is 0 Å². The Kier molecular flexibility index (Phi) is 3.39. The molecule has 3 rings (SSSR count). The van der Waals surface area contributed by atoms with Crippen LogP contribution in [0, 0.1) is 5.82 Å². The summed E-state index contributed by atoms with van der Waals surface area (Å²) in [5.41, 5.74) is 0.797. The quantitative estimate of drug-likeness (QED) is 0.814. The first-order valence-corrected chi connectivity index (χ1v) is 6.46. The largest absolute Gasteiger partial charge is 0.482 e. The van der Waals surface area contributed by atoms with Crippen molar-refractivity contribution in [3.8, 4) is 5.75 Å². The van der Waals surface area contributed by atoms with Crippen LogP contribution in [-0.2, 0) is 4.79 Å². The van der Waals surface area contributed by atoms with Gasteiger partial charge in [-0.1, -0.05) is 24.3 Å². The number of hydrogen-bond acceptors (Lipinski definition) is 3. The number of nitrogens with zero attached hydrogens (tertiary/aromatic N) is 1. The van der Waals surface area contributed by atoms with E-state index in [-0.39, 0.29) is 30.4 Å². The maximum Gasteiger partial charge on any atom is 0.265 e. The fourth-order valence-electron chi connectivity index (χ4n) is 2.22. The Labute approximate surface area is 120 Å². The minimum Gasteiger partial charge on any atom is -0.482 e. The van der Waals surface area contributed by atoms with Crippen molar-refractivity contribution in [3.63, 3.8) is 0 Å². The zero-order valence-electron chi connectivity index (χ0n) is 11.1. The molecule has 1 aliphatic heterocycles. The first kappa shape index (κ1) is 13.3. The molecule has 4 nitrogen and oxygen atoms in total. The zero-order chi connectivity index (χ0) is 14.8. The van der Waals surface area contributed by atoms with Gasteiger partial charge in [-0.25, -0.2) is 4.39 Å². The summed E-state index contributed by atoms with van der Waals surface area (Å²) >= 11 is 0. The lowest BCUT2D eigenvalue weighted by atomic mass is 10.1. The van der Waals surface area contributed by atoms with Crippen LogP contribution in [0.5, 0.6) is 5.75 Å². The Morgan fingerprint density at radius 3 is 2.81 bits per heavy atom. The van der Waals surface area contributed by atoms with Gasteiger partial charge in [-0.3, -0.25) is 14.5 Å². The number of fused-ring (bicyclic) bond motifs is 1. The molecule has 106 valence electrons. The van der Waals surface area contributed by atoms with Crippen LogP contribution in [0.4, 0.5) is 10.1 Å². The Hall–Kier alpha value is -2.69. The number of halogens is 1. The lowest BCUT2D eigenvalue weighted by Crippen LogP contribution is -2.42. The molecule has 0 saturated heterocycles. The van der Waals surface area contributed by atoms with E-state index >= 15 is 0 Å². The molecule has 2 aromatic rings. The highest BCUT2D eigenvalue weighted by atomic mass is 19.1. The van der Waals surface area contributed by atoms with Crippen LogP contribution in [0.3, 0.4) is 0 Å². The Morgan fingerprint density at radius 1 is 1.19 bits per heavy atom. The highest BCUT2D eigenvalue weighted by molar-refractivity contribution is 6.07. The van der Waals surface area contributed by atoms with Gasteiger partial charge in [0, 0.05) is 5.56 Å². The summed E-state index contributed by atoms with van der Waals surface area (Å²) in [6, 6.07) is 12.4. The molecule has 21 heavy (non-hydrogen) atoms. The number of para-hydroxylation sites is 2. The van der Waals surface area contributed by atoms with Crippen LogP contribution in [0.15, 0.2) is 48.5 Å². The van der Waals surface area contributed by atoms with Gasteiger partial charge in [0.25, 0.3) is 5.91 Å². The second kappa shape index (κ2) is 5.36. The van der Waals surface area contributed by atoms with Crippen molar-refractivity contribution in [3.05, 3.63) is 59.9 Å². The standard InChI is InChI=1S/C16H12FNO3/c17-12-5-3-4-11(8-12)14(19)9-18-13-6-1-2-7-15(13)21-10-16(18)20/h1-8H,9-10H2. The van der Waals surface area contributed by atoms with Gasteiger partial charge in [0.05, 0.1) is 12.2 Å². The predicted molar refractivity (Wildman–Crippen MR) is 75.0 cm³/mol. The minimum atomic E-state index is -0.477. The average Bonchev–Trinajstić information content (AvgIpc) is 2.50. The molecule has 0 bridgehead atoms. The first-order valence-electron chi connectivity index (χ1n) is 6.46. The first-order chi connectivity index (χ1) is 10.1. The number of hydrogen-bond donors (Lipinski definition) is 0. The number of ether oxygens (including phenoxy) is 1. The molecule has 0 saturated carbocycles. The Balaban J connectivity index is 1.87. The number of benzene rings is 2. The predicted octanol–water partition coefficient (Wildman–Crippen LogP) is 2.43. The topological polar surface area (TPSA) is 46.6 Å². The van der Waals surface area contributed by atoms with Gasteiger partial charge in [0.15, 0.2) is 12.4 Å². The van der Waals surface area contributed by atoms with E-state index in [2.05, 4.69) is 0 Å². The Morgan fingerprint density at radius 2 is 2.00 bits per heavy atom. The van der Waals surface area contributed by atoms with Crippen LogP contribution in [0.25, 0.3) is 0 Å². The van der Waals surface area contributed by atoms with Gasteiger partial charge in [0.1, 0.15) is 11.6 Å². The molecule has 1 amide bonds. The Bertz CT molecular complexity index is 714. The van der Waals surface area contributed by atoms with Crippen LogP contribution >= 0.6 is 0 Å². The van der Waals surface area contributed by atoms with Crippen LogP contribution in [0.1, 0.15) is 10.4 Å². The third-order valence-corrected chi connectivity index (χ3v) is 3.26. The second-order valence-electron chi connectivity index (χ2n) is 4.67. The number of carbonyl (C=O) groups excluding carboxylic acids is 2. The van der Waals surface area contributed by atoms with Crippen molar-refractivity contribution >= 4 is 17.4 Å². The number of anilines is 1. The third kappa shape index (κ3) is 2.63. The van der Waals surface area contributed by atoms with Crippen molar-refractivity contribution in [1.82, 2.24) is 0 Å². The lowest BCUT2D eigenvalue weighted by molar-refractivity contribution is -0.121. The van der Waals surface area contributed by atoms with E-state index in [4.69, 9.17) is 4.74 Å². The van der Waals surface area contributed by atoms with Crippen molar-refractivity contribution < 1.29 is 18.7 Å². The number of ketones is 1. The fraction of sp³-hybridized carbons (Fsp3) is 0.125. The van der Waals surface area contributed by atoms with Crippen molar-refractivity contribution in [2.45, 2.75) is 0 Å². The SMILES string of the molecule is O=C(CN1C(=O)COc2ccccc21)c1cccc(F)c1. The number of rotatable bonds is 3. The van der Waals surface area contributed by atoms with E-state index in [0.29, 0.717) is 11.4 Å². The minimum absolute atomic E-state index is 0.104. The van der Waals surface area contributed by atoms with E-state index in [0.717, 1.165) is 0 Å². The summed E-state index contributed by atoms with van der Waals surface area (Å²) in [6.45, 7) is -0.240. The zero-order valence-corrected chi connectivity index (χ0v) is 11.1. The second-order valence-corrected chi connectivity index (χ2v) is 4.67. The molecule has 0 spiro atoms. The monoisotopic (exact) mass is 285 g/mol. The van der Waals surface area contributed by atoms with E-state index in [1.807, 2.05) is 0 Å². The molecular formula is C16H12FNO3. The molecule has 0 radical (unpaired) electrons. The van der Waals surface area contributed by atoms with Gasteiger partial charge in [-0.2, -0.15) is 0 Å². The molecule has 0 aromatic heterocycles. The highest BCUT2D eigenvalue weighted by Gasteiger charge is 2.27. The molecule has 0 aliphatic carbocycles. The van der Waals surface area contributed by atoms with Crippen molar-refractivity contribution in [2.24, 2.45) is 0 Å². The van der Waals surface area contributed by atoms with Crippen molar-refractivity contribution in [2.75, 3.05) is 18.1 Å². The van der Waals surface area contributed by atoms with E-state index in [1.165, 1.54) is 29.2 Å². The van der Waals surface area contributed by atoms with Crippen LogP contribution in [0.2, 0.25) is 0 Å². The van der Waals surface area contributed by atoms with Gasteiger partial charge in [-0.05, 0) is 24.3 Å². The normalized spacial score (nSPS) is 13.6. The fourth-order valence-corrected chi connectivity index (χ4v) is 2.22. The molecular weight excluding hydrogens is 273 g/mol. The maximum absolute atomic E-state index is 13.2. The smallest absolute Gasteiger partial charge is 0.265 e. The molecule has 0 N–H and O–H groups in total. The van der Waals surface area contributed by atoms with Crippen LogP contribution < -0.4 is 9.64 Å². The van der Waals surface area contributed by atoms with E-state index in [9.17, 15) is 14.0 Å². The molecule has 0 fully saturated rings. The average molecular weight is 285 g/mol. The number of Topliss-reactive ketones (excluding diaryl/α,β-unsaturated/α-hetero) is 1. The van der Waals surface area contributed by atoms with Gasteiger partial charge < -0.3 is 4.74 Å². The summed E-state index contributed by atoms with van der Waals surface area (Å²) in [6.07, 6.45) is 0. The molecule has 0 unspecified atom stereocenters. The number of amides is 1. The summed E-state index contributed by atoms with van der Waals surface area (Å²) in [5, 5.41) is 0. The number of carbonyl (C=O) groups is 2. The molecule has 5 heteroatoms. The lowest BCUT2D eigenvalue weighted by Gasteiger charge is -2.28. The van der Waals surface area contributed by atoms with Crippen molar-refractivity contribution in [1.29, 1.82) is 0 Å². The summed E-state index contributed by atoms with van der Waals surface area (Å²) in [7, 11) is 0. The summed E-state index contributed by atoms with van der Waals surface area (Å²) in [4.78, 5) is 25.6. The third-order valence-electron chi connectivity index (χ3n) is 3.26. The summed E-state index contributed by atoms with van der Waals surface area (Å²) < 4.78 is 18.5. The van der Waals surface area contributed by atoms with Crippen LogP contribution in [-0.4, -0.2) is 24.8 Å². The van der Waals surface area contributed by atoms with E-state index < -0.39 is 5.82 Å². The highest BCUT2D eigenvalue weighted by Crippen LogP contribution is 2.31. The molecule has 1 aliphatic rings. The summed E-state index contributed by atoms with van der Waals surface area (Å²) in [5.74, 6) is -0.531. The maximum atomic E-state index is 13.2.